The molecule has 2 N–H and O–H groups in total. The van der Waals surface area contributed by atoms with Gasteiger partial charge in [-0.1, -0.05) is 12.1 Å². The summed E-state index contributed by atoms with van der Waals surface area (Å²) >= 11 is 0. The van der Waals surface area contributed by atoms with Gasteiger partial charge in [0.05, 0.1) is 6.10 Å². The first kappa shape index (κ1) is 23.4. The van der Waals surface area contributed by atoms with Gasteiger partial charge in [0.2, 0.25) is 0 Å². The van der Waals surface area contributed by atoms with Crippen molar-refractivity contribution in [2.24, 2.45) is 0 Å². The van der Waals surface area contributed by atoms with E-state index in [1.807, 2.05) is 17.0 Å². The molecule has 0 aromatic heterocycles. The molecule has 7 heteroatoms. The lowest BCUT2D eigenvalue weighted by atomic mass is 9.96. The quantitative estimate of drug-likeness (QED) is 0.775. The predicted molar refractivity (Wildman–Crippen MR) is 117 cm³/mol. The molecule has 1 aromatic carbocycles. The molecule has 5 nitrogen and oxygen atoms in total. The molecular formula is C21H33Cl2N3O2. The van der Waals surface area contributed by atoms with Crippen molar-refractivity contribution in [1.29, 1.82) is 0 Å². The van der Waals surface area contributed by atoms with Gasteiger partial charge in [-0.2, -0.15) is 0 Å². The van der Waals surface area contributed by atoms with Crippen LogP contribution >= 0.6 is 24.8 Å². The number of aliphatic hydroxyl groups excluding tert-OH is 1. The maximum atomic E-state index is 12.8. The van der Waals surface area contributed by atoms with Crippen molar-refractivity contribution in [2.75, 3.05) is 39.3 Å². The van der Waals surface area contributed by atoms with Crippen LogP contribution in [0.3, 0.4) is 0 Å². The first-order valence-corrected chi connectivity index (χ1v) is 10.2. The van der Waals surface area contributed by atoms with Gasteiger partial charge in [-0.3, -0.25) is 4.79 Å². The van der Waals surface area contributed by atoms with Gasteiger partial charge >= 0.3 is 0 Å². The first-order chi connectivity index (χ1) is 12.7. The van der Waals surface area contributed by atoms with Gasteiger partial charge in [0.15, 0.2) is 0 Å². The molecule has 1 atom stereocenters. The number of amides is 1. The lowest BCUT2D eigenvalue weighted by molar-refractivity contribution is 0.0357. The molecule has 0 bridgehead atoms. The number of benzene rings is 1. The van der Waals surface area contributed by atoms with Crippen LogP contribution < -0.4 is 5.32 Å². The summed E-state index contributed by atoms with van der Waals surface area (Å²) in [4.78, 5) is 17.4. The number of nitrogens with zero attached hydrogens (tertiary/aromatic N) is 2. The monoisotopic (exact) mass is 429 g/mol. The maximum Gasteiger partial charge on any atom is 0.253 e. The van der Waals surface area contributed by atoms with Gasteiger partial charge in [0, 0.05) is 44.3 Å². The van der Waals surface area contributed by atoms with Gasteiger partial charge in [0.1, 0.15) is 0 Å². The molecule has 3 heterocycles. The first-order valence-electron chi connectivity index (χ1n) is 10.2. The Kier molecular flexibility index (Phi) is 9.03. The molecule has 158 valence electrons. The fourth-order valence-corrected chi connectivity index (χ4v) is 4.70. The highest BCUT2D eigenvalue weighted by Gasteiger charge is 2.29. The largest absolute Gasteiger partial charge is 0.393 e. The fraction of sp³-hybridized carbons (Fsp3) is 0.667. The minimum atomic E-state index is -0.115. The predicted octanol–water partition coefficient (Wildman–Crippen LogP) is 2.67. The zero-order valence-electron chi connectivity index (χ0n) is 16.4. The van der Waals surface area contributed by atoms with Gasteiger partial charge < -0.3 is 20.2 Å². The van der Waals surface area contributed by atoms with Gasteiger partial charge in [-0.05, 0) is 62.3 Å². The zero-order valence-corrected chi connectivity index (χ0v) is 18.0. The molecule has 3 aliphatic rings. The average Bonchev–Trinajstić information content (AvgIpc) is 3.23. The van der Waals surface area contributed by atoms with Gasteiger partial charge in [-0.25, -0.2) is 0 Å². The van der Waals surface area contributed by atoms with E-state index in [0.717, 1.165) is 70.5 Å². The van der Waals surface area contributed by atoms with E-state index in [1.54, 1.807) is 0 Å². The number of aliphatic hydroxyl groups is 1. The normalized spacial score (nSPS) is 24.5. The number of nitrogens with one attached hydrogen (secondary N) is 1. The molecule has 3 aliphatic heterocycles. The van der Waals surface area contributed by atoms with E-state index in [9.17, 15) is 9.90 Å². The third-order valence-electron chi connectivity index (χ3n) is 6.46. The van der Waals surface area contributed by atoms with Crippen LogP contribution in [0.15, 0.2) is 24.3 Å². The van der Waals surface area contributed by atoms with E-state index in [2.05, 4.69) is 22.3 Å². The molecule has 1 aromatic rings. The summed E-state index contributed by atoms with van der Waals surface area (Å²) in [6.07, 6.45) is 4.95. The summed E-state index contributed by atoms with van der Waals surface area (Å²) in [7, 11) is 0. The molecule has 3 saturated heterocycles. The summed E-state index contributed by atoms with van der Waals surface area (Å²) in [6.45, 7) is 5.83. The Balaban J connectivity index is 0.00000140. The summed E-state index contributed by atoms with van der Waals surface area (Å²) in [5, 5.41) is 13.1. The van der Waals surface area contributed by atoms with Crippen molar-refractivity contribution in [3.05, 3.63) is 35.4 Å². The molecule has 0 saturated carbocycles. The minimum absolute atomic E-state index is 0. The van der Waals surface area contributed by atoms with Crippen LogP contribution in [-0.4, -0.2) is 72.2 Å². The second-order valence-corrected chi connectivity index (χ2v) is 8.10. The summed E-state index contributed by atoms with van der Waals surface area (Å²) < 4.78 is 0. The van der Waals surface area contributed by atoms with Crippen LogP contribution in [0.25, 0.3) is 0 Å². The molecule has 3 fully saturated rings. The molecule has 1 amide bonds. The van der Waals surface area contributed by atoms with Crippen LogP contribution in [0.2, 0.25) is 0 Å². The average molecular weight is 430 g/mol. The number of likely N-dealkylation sites (tertiary alicyclic amines) is 2. The van der Waals surface area contributed by atoms with E-state index in [-0.39, 0.29) is 36.8 Å². The van der Waals surface area contributed by atoms with Gasteiger partial charge in [0.25, 0.3) is 5.91 Å². The van der Waals surface area contributed by atoms with Crippen LogP contribution in [0, 0.1) is 0 Å². The van der Waals surface area contributed by atoms with E-state index < -0.39 is 0 Å². The highest BCUT2D eigenvalue weighted by Crippen LogP contribution is 2.24. The molecule has 0 spiro atoms. The standard InChI is InChI=1S/C21H31N3O2.2ClH/c25-20-8-13-23(14-9-20)19-6-11-24(12-7-19)21(26)17-3-1-16(2-4-17)18-5-10-22-15-18;;/h1-4,18-20,22,25H,5-15H2;2*1H. The maximum absolute atomic E-state index is 12.8. The van der Waals surface area contributed by atoms with E-state index in [4.69, 9.17) is 0 Å². The third-order valence-corrected chi connectivity index (χ3v) is 6.46. The molecule has 4 rings (SSSR count). The Morgan fingerprint density at radius 2 is 1.57 bits per heavy atom. The van der Waals surface area contributed by atoms with Crippen LogP contribution in [0.5, 0.6) is 0 Å². The minimum Gasteiger partial charge on any atom is -0.393 e. The number of hydrogen-bond donors (Lipinski definition) is 2. The zero-order chi connectivity index (χ0) is 17.9. The van der Waals surface area contributed by atoms with Crippen molar-refractivity contribution in [3.8, 4) is 0 Å². The van der Waals surface area contributed by atoms with Gasteiger partial charge in [-0.15, -0.1) is 24.8 Å². The summed E-state index contributed by atoms with van der Waals surface area (Å²) in [5.74, 6) is 0.770. The fourth-order valence-electron chi connectivity index (χ4n) is 4.70. The number of piperidine rings is 2. The SMILES string of the molecule is Cl.Cl.O=C(c1ccc(C2CCNC2)cc1)N1CCC(N2CCC(O)CC2)CC1. The second kappa shape index (κ2) is 10.8. The Hall–Kier alpha value is -0.850. The lowest BCUT2D eigenvalue weighted by Crippen LogP contribution is -2.49. The molecular weight excluding hydrogens is 397 g/mol. The third kappa shape index (κ3) is 5.39. The van der Waals surface area contributed by atoms with Crippen molar-refractivity contribution < 1.29 is 9.90 Å². The second-order valence-electron chi connectivity index (χ2n) is 8.10. The van der Waals surface area contributed by atoms with Crippen molar-refractivity contribution in [3.63, 3.8) is 0 Å². The van der Waals surface area contributed by atoms with E-state index in [1.165, 1.54) is 12.0 Å². The Morgan fingerprint density at radius 1 is 0.929 bits per heavy atom. The van der Waals surface area contributed by atoms with Crippen molar-refractivity contribution in [1.82, 2.24) is 15.1 Å². The Morgan fingerprint density at radius 3 is 2.14 bits per heavy atom. The van der Waals surface area contributed by atoms with Crippen LogP contribution in [0.1, 0.15) is 53.9 Å². The summed E-state index contributed by atoms with van der Waals surface area (Å²) in [6, 6.07) is 8.86. The summed E-state index contributed by atoms with van der Waals surface area (Å²) in [5.41, 5.74) is 2.16. The Labute approximate surface area is 180 Å². The highest BCUT2D eigenvalue weighted by molar-refractivity contribution is 5.94. The van der Waals surface area contributed by atoms with E-state index >= 15 is 0 Å². The lowest BCUT2D eigenvalue weighted by Gasteiger charge is -2.41. The molecule has 1 unspecified atom stereocenters. The number of carbonyl (C=O) groups excluding carboxylic acids is 1. The Bertz CT molecular complexity index is 607. The number of rotatable bonds is 3. The molecule has 0 radical (unpaired) electrons. The number of halogens is 2. The molecule has 28 heavy (non-hydrogen) atoms. The van der Waals surface area contributed by atoms with Crippen LogP contribution in [-0.2, 0) is 0 Å². The smallest absolute Gasteiger partial charge is 0.253 e. The van der Waals surface area contributed by atoms with Crippen molar-refractivity contribution >= 4 is 30.7 Å². The highest BCUT2D eigenvalue weighted by atomic mass is 35.5. The van der Waals surface area contributed by atoms with Crippen molar-refractivity contribution in [2.45, 2.75) is 50.2 Å². The number of carbonyl (C=O) groups is 1. The van der Waals surface area contributed by atoms with Crippen LogP contribution in [0.4, 0.5) is 0 Å². The van der Waals surface area contributed by atoms with E-state index in [0.29, 0.717) is 12.0 Å². The topological polar surface area (TPSA) is 55.8 Å². The number of hydrogen-bond acceptors (Lipinski definition) is 4. The molecule has 0 aliphatic carbocycles.